The van der Waals surface area contributed by atoms with Crippen LogP contribution in [-0.4, -0.2) is 31.6 Å². The molecule has 3 aliphatic heterocycles. The lowest BCUT2D eigenvalue weighted by Crippen LogP contribution is -2.53. The average molecular weight is 344 g/mol. The third-order valence-electron chi connectivity index (χ3n) is 5.43. The van der Waals surface area contributed by atoms with Gasteiger partial charge in [0.25, 0.3) is 0 Å². The van der Waals surface area contributed by atoms with E-state index in [1.165, 1.54) is 7.11 Å². The van der Waals surface area contributed by atoms with Gasteiger partial charge in [-0.2, -0.15) is 0 Å². The maximum Gasteiger partial charge on any atom is 0.337 e. The Hall–Kier alpha value is -2.38. The molecule has 5 rings (SSSR count). The van der Waals surface area contributed by atoms with Gasteiger partial charge in [-0.25, -0.2) is 9.80 Å². The van der Waals surface area contributed by atoms with E-state index in [0.717, 1.165) is 37.7 Å². The standard InChI is InChI=1S/C18H20N2O5/c1-23-16(22)13-3-2-4-14(9-13)20-10-15(25-19-20)18-7-5-17(11-21,6-8-18)12-24-18/h2-4,9-11,19H,5-8,12H2,1H3. The first-order chi connectivity index (χ1) is 12.1. The first kappa shape index (κ1) is 16.1. The van der Waals surface area contributed by atoms with E-state index in [2.05, 4.69) is 5.59 Å². The van der Waals surface area contributed by atoms with Gasteiger partial charge < -0.3 is 19.1 Å². The lowest BCUT2D eigenvalue weighted by atomic mass is 9.66. The van der Waals surface area contributed by atoms with Gasteiger partial charge in [-0.3, -0.25) is 0 Å². The highest BCUT2D eigenvalue weighted by Gasteiger charge is 2.53. The van der Waals surface area contributed by atoms with Crippen LogP contribution in [0.4, 0.5) is 5.69 Å². The Morgan fingerprint density at radius 1 is 1.32 bits per heavy atom. The number of rotatable bonds is 4. The molecule has 0 atom stereocenters. The molecule has 0 aromatic heterocycles. The second-order valence-corrected chi connectivity index (χ2v) is 6.86. The molecule has 7 nitrogen and oxygen atoms in total. The van der Waals surface area contributed by atoms with E-state index in [9.17, 15) is 9.59 Å². The van der Waals surface area contributed by atoms with Crippen molar-refractivity contribution in [2.45, 2.75) is 31.3 Å². The van der Waals surface area contributed by atoms with Crippen LogP contribution in [0.5, 0.6) is 0 Å². The number of hydrogen-bond donors (Lipinski definition) is 1. The molecule has 25 heavy (non-hydrogen) atoms. The normalized spacial score (nSPS) is 30.6. The smallest absolute Gasteiger partial charge is 0.337 e. The van der Waals surface area contributed by atoms with Crippen molar-refractivity contribution in [3.05, 3.63) is 41.8 Å². The number of hydrogen-bond acceptors (Lipinski definition) is 7. The summed E-state index contributed by atoms with van der Waals surface area (Å²) in [6.07, 6.45) is 6.03. The zero-order valence-corrected chi connectivity index (χ0v) is 14.0. The molecule has 3 heterocycles. The number of methoxy groups -OCH3 is 1. The highest BCUT2D eigenvalue weighted by atomic mass is 16.7. The lowest BCUT2D eigenvalue weighted by molar-refractivity contribution is -0.182. The van der Waals surface area contributed by atoms with Crippen molar-refractivity contribution in [1.82, 2.24) is 5.59 Å². The quantitative estimate of drug-likeness (QED) is 0.662. The summed E-state index contributed by atoms with van der Waals surface area (Å²) in [7, 11) is 1.35. The number of carbonyl (C=O) groups is 2. The molecule has 1 N–H and O–H groups in total. The first-order valence-corrected chi connectivity index (χ1v) is 8.33. The van der Waals surface area contributed by atoms with Gasteiger partial charge in [0.05, 0.1) is 31.2 Å². The van der Waals surface area contributed by atoms with E-state index in [0.29, 0.717) is 17.9 Å². The monoisotopic (exact) mass is 344 g/mol. The molecule has 2 saturated heterocycles. The number of ether oxygens (including phenoxy) is 2. The number of fused-ring (bicyclic) bond motifs is 3. The summed E-state index contributed by atoms with van der Waals surface area (Å²) >= 11 is 0. The van der Waals surface area contributed by atoms with E-state index < -0.39 is 11.6 Å². The molecular formula is C18H20N2O5. The number of benzene rings is 1. The molecule has 132 valence electrons. The minimum atomic E-state index is -0.480. The molecule has 1 aliphatic carbocycles. The molecule has 1 aromatic carbocycles. The van der Waals surface area contributed by atoms with Crippen LogP contribution in [0.2, 0.25) is 0 Å². The summed E-state index contributed by atoms with van der Waals surface area (Å²) in [5.74, 6) is 0.313. The van der Waals surface area contributed by atoms with Gasteiger partial charge in [-0.15, -0.1) is 0 Å². The molecule has 0 unspecified atom stereocenters. The van der Waals surface area contributed by atoms with Crippen molar-refractivity contribution in [2.75, 3.05) is 18.7 Å². The predicted molar refractivity (Wildman–Crippen MR) is 88.2 cm³/mol. The molecule has 1 aromatic rings. The van der Waals surface area contributed by atoms with E-state index in [-0.39, 0.29) is 5.41 Å². The summed E-state index contributed by atoms with van der Waals surface area (Å²) < 4.78 is 10.8. The molecule has 7 heteroatoms. The van der Waals surface area contributed by atoms with Gasteiger partial charge in [0.1, 0.15) is 11.9 Å². The van der Waals surface area contributed by atoms with Crippen molar-refractivity contribution in [2.24, 2.45) is 5.41 Å². The van der Waals surface area contributed by atoms with Gasteiger partial charge in [0, 0.05) is 5.41 Å². The van der Waals surface area contributed by atoms with Crippen LogP contribution in [0, 0.1) is 5.41 Å². The summed E-state index contributed by atoms with van der Waals surface area (Å²) in [6, 6.07) is 7.06. The summed E-state index contributed by atoms with van der Waals surface area (Å²) in [6.45, 7) is 0.440. The number of carbonyl (C=O) groups excluding carboxylic acids is 2. The van der Waals surface area contributed by atoms with E-state index in [1.54, 1.807) is 23.2 Å². The maximum atomic E-state index is 11.7. The third kappa shape index (κ3) is 2.60. The van der Waals surface area contributed by atoms with Gasteiger partial charge in [0.2, 0.25) is 0 Å². The van der Waals surface area contributed by atoms with Crippen molar-refractivity contribution >= 4 is 17.9 Å². The van der Waals surface area contributed by atoms with Gasteiger partial charge in [-0.1, -0.05) is 11.7 Å². The number of nitrogens with zero attached hydrogens (tertiary/aromatic N) is 1. The molecule has 4 aliphatic rings. The van der Waals surface area contributed by atoms with Crippen molar-refractivity contribution in [3.63, 3.8) is 0 Å². The Balaban J connectivity index is 1.55. The Morgan fingerprint density at radius 3 is 2.76 bits per heavy atom. The number of anilines is 1. The fraction of sp³-hybridized carbons (Fsp3) is 0.444. The average Bonchev–Trinajstić information content (AvgIpc) is 3.20. The predicted octanol–water partition coefficient (Wildman–Crippen LogP) is 2.10. The van der Waals surface area contributed by atoms with Crippen molar-refractivity contribution in [1.29, 1.82) is 0 Å². The molecule has 0 spiro atoms. The largest absolute Gasteiger partial charge is 0.465 e. The van der Waals surface area contributed by atoms with Crippen LogP contribution in [0.15, 0.2) is 36.2 Å². The molecule has 0 radical (unpaired) electrons. The van der Waals surface area contributed by atoms with E-state index >= 15 is 0 Å². The van der Waals surface area contributed by atoms with Crippen molar-refractivity contribution < 1.29 is 23.9 Å². The summed E-state index contributed by atoms with van der Waals surface area (Å²) in [5, 5.41) is 1.70. The van der Waals surface area contributed by atoms with Crippen LogP contribution in [0.3, 0.4) is 0 Å². The van der Waals surface area contributed by atoms with Crippen LogP contribution < -0.4 is 10.6 Å². The fourth-order valence-electron chi connectivity index (χ4n) is 3.70. The van der Waals surface area contributed by atoms with Crippen LogP contribution >= 0.6 is 0 Å². The minimum Gasteiger partial charge on any atom is -0.465 e. The summed E-state index contributed by atoms with van der Waals surface area (Å²) in [5.41, 5.74) is 3.26. The van der Waals surface area contributed by atoms with Crippen LogP contribution in [-0.2, 0) is 19.1 Å². The van der Waals surface area contributed by atoms with Gasteiger partial charge in [-0.05, 0) is 43.9 Å². The van der Waals surface area contributed by atoms with Crippen LogP contribution in [0.1, 0.15) is 36.0 Å². The Morgan fingerprint density at radius 2 is 2.12 bits per heavy atom. The highest BCUT2D eigenvalue weighted by molar-refractivity contribution is 5.90. The third-order valence-corrected chi connectivity index (χ3v) is 5.43. The molecule has 1 saturated carbocycles. The molecule has 0 amide bonds. The summed E-state index contributed by atoms with van der Waals surface area (Å²) in [4.78, 5) is 28.7. The zero-order chi connectivity index (χ0) is 17.5. The number of aldehydes is 1. The zero-order valence-electron chi connectivity index (χ0n) is 14.0. The maximum absolute atomic E-state index is 11.7. The topological polar surface area (TPSA) is 77.1 Å². The molecule has 3 fully saturated rings. The number of esters is 1. The fourth-order valence-corrected chi connectivity index (χ4v) is 3.70. The van der Waals surface area contributed by atoms with Crippen molar-refractivity contribution in [3.8, 4) is 0 Å². The lowest BCUT2D eigenvalue weighted by Gasteiger charge is -2.50. The van der Waals surface area contributed by atoms with Gasteiger partial charge in [0.15, 0.2) is 5.76 Å². The van der Waals surface area contributed by atoms with Gasteiger partial charge >= 0.3 is 5.97 Å². The molecular weight excluding hydrogens is 324 g/mol. The Kier molecular flexibility index (Phi) is 3.77. The van der Waals surface area contributed by atoms with Crippen LogP contribution in [0.25, 0.3) is 0 Å². The number of hydrazine groups is 1. The number of nitrogens with one attached hydrogen (secondary N) is 1. The van der Waals surface area contributed by atoms with E-state index in [4.69, 9.17) is 14.3 Å². The highest BCUT2D eigenvalue weighted by Crippen LogP contribution is 2.51. The minimum absolute atomic E-state index is 0.317. The second-order valence-electron chi connectivity index (χ2n) is 6.86. The molecule has 2 bridgehead atoms. The SMILES string of the molecule is COC(=O)c1cccc(N2C=C(C34CCC(C=O)(CC3)CO4)ON2)c1. The first-order valence-electron chi connectivity index (χ1n) is 8.33. The Bertz CT molecular complexity index is 720. The van der Waals surface area contributed by atoms with E-state index in [1.807, 2.05) is 12.3 Å². The second kappa shape index (κ2) is 5.86. The Labute approximate surface area is 145 Å².